The molecule has 4 N–H and O–H groups in total. The van der Waals surface area contributed by atoms with Gasteiger partial charge in [-0.05, 0) is 18.1 Å². The predicted octanol–water partition coefficient (Wildman–Crippen LogP) is 3.70. The summed E-state index contributed by atoms with van der Waals surface area (Å²) in [6.45, 7) is 3.47. The van der Waals surface area contributed by atoms with E-state index in [1.165, 1.54) is 19.3 Å². The summed E-state index contributed by atoms with van der Waals surface area (Å²) in [6, 6.07) is 2.63. The van der Waals surface area contributed by atoms with Gasteiger partial charge >= 0.3 is 6.18 Å². The average Bonchev–Trinajstić information content (AvgIpc) is 3.12. The van der Waals surface area contributed by atoms with Crippen molar-refractivity contribution in [2.75, 3.05) is 17.2 Å². The van der Waals surface area contributed by atoms with Gasteiger partial charge in [0, 0.05) is 42.0 Å². The third kappa shape index (κ3) is 5.74. The first kappa shape index (κ1) is 23.0. The Hall–Kier alpha value is -3.63. The van der Waals surface area contributed by atoms with E-state index in [-0.39, 0.29) is 11.8 Å². The number of pyridine rings is 2. The number of carbonyl (C=O) groups is 2. The summed E-state index contributed by atoms with van der Waals surface area (Å²) in [4.78, 5) is 35.2. The Labute approximate surface area is 182 Å². The zero-order valence-electron chi connectivity index (χ0n) is 17.7. The van der Waals surface area contributed by atoms with Crippen LogP contribution >= 0.6 is 0 Å². The largest absolute Gasteiger partial charge is 0.405 e. The maximum atomic E-state index is 12.5. The number of hydrogen-bond donors (Lipinski definition) is 4. The van der Waals surface area contributed by atoms with E-state index in [0.717, 1.165) is 10.9 Å². The molecule has 0 unspecified atom stereocenters. The molecule has 0 bridgehead atoms. The zero-order valence-corrected chi connectivity index (χ0v) is 17.7. The molecule has 3 aromatic rings. The number of anilines is 2. The maximum absolute atomic E-state index is 12.5. The summed E-state index contributed by atoms with van der Waals surface area (Å²) in [5.41, 5.74) is 3.08. The average molecular weight is 448 g/mol. The van der Waals surface area contributed by atoms with Gasteiger partial charge in [-0.3, -0.25) is 14.6 Å². The van der Waals surface area contributed by atoms with Gasteiger partial charge in [0.1, 0.15) is 18.2 Å². The molecule has 0 fully saturated rings. The quantitative estimate of drug-likeness (QED) is 0.440. The minimum Gasteiger partial charge on any atom is -0.372 e. The molecule has 0 aliphatic rings. The Morgan fingerprint density at radius 2 is 1.88 bits per heavy atom. The molecule has 8 nitrogen and oxygen atoms in total. The molecule has 0 radical (unpaired) electrons. The molecule has 170 valence electrons. The Kier molecular flexibility index (Phi) is 6.66. The predicted molar refractivity (Wildman–Crippen MR) is 115 cm³/mol. The number of aromatic nitrogens is 3. The highest BCUT2D eigenvalue weighted by Crippen LogP contribution is 2.30. The van der Waals surface area contributed by atoms with Crippen molar-refractivity contribution in [3.05, 3.63) is 36.9 Å². The number of nitrogens with one attached hydrogen (secondary N) is 4. The van der Waals surface area contributed by atoms with Gasteiger partial charge in [0.25, 0.3) is 0 Å². The van der Waals surface area contributed by atoms with E-state index in [4.69, 9.17) is 0 Å². The minimum atomic E-state index is -4.49. The highest BCUT2D eigenvalue weighted by atomic mass is 19.4. The van der Waals surface area contributed by atoms with Gasteiger partial charge in [-0.25, -0.2) is 4.98 Å². The van der Waals surface area contributed by atoms with E-state index in [1.54, 1.807) is 38.4 Å². The molecule has 3 rings (SSSR count). The van der Waals surface area contributed by atoms with Crippen LogP contribution in [0.3, 0.4) is 0 Å². The summed E-state index contributed by atoms with van der Waals surface area (Å²) < 4.78 is 37.4. The van der Waals surface area contributed by atoms with Crippen molar-refractivity contribution >= 4 is 34.2 Å². The molecule has 0 saturated carbocycles. The van der Waals surface area contributed by atoms with Crippen LogP contribution in [-0.4, -0.2) is 45.5 Å². The van der Waals surface area contributed by atoms with Crippen molar-refractivity contribution in [1.82, 2.24) is 20.3 Å². The lowest BCUT2D eigenvalue weighted by Crippen LogP contribution is -2.46. The number of alkyl halides is 3. The topological polar surface area (TPSA) is 112 Å². The van der Waals surface area contributed by atoms with Gasteiger partial charge in [-0.1, -0.05) is 13.8 Å². The van der Waals surface area contributed by atoms with Gasteiger partial charge in [0.05, 0.1) is 17.6 Å². The number of fused-ring (bicyclic) bond motifs is 1. The van der Waals surface area contributed by atoms with Crippen LogP contribution in [0.25, 0.3) is 22.2 Å². The van der Waals surface area contributed by atoms with Gasteiger partial charge in [-0.15, -0.1) is 0 Å². The van der Waals surface area contributed by atoms with Gasteiger partial charge < -0.3 is 20.9 Å². The molecule has 0 saturated heterocycles. The normalized spacial score (nSPS) is 12.6. The minimum absolute atomic E-state index is 0.223. The number of H-pyrrole nitrogens is 1. The first-order valence-corrected chi connectivity index (χ1v) is 9.84. The van der Waals surface area contributed by atoms with Crippen molar-refractivity contribution in [3.8, 4) is 11.1 Å². The molecule has 0 spiro atoms. The number of rotatable bonds is 7. The van der Waals surface area contributed by atoms with Gasteiger partial charge in [-0.2, -0.15) is 13.2 Å². The third-order valence-electron chi connectivity index (χ3n) is 4.64. The van der Waals surface area contributed by atoms with E-state index in [0.29, 0.717) is 22.6 Å². The number of hydrogen-bond acceptors (Lipinski definition) is 5. The lowest BCUT2D eigenvalue weighted by Gasteiger charge is -2.23. The molecule has 32 heavy (non-hydrogen) atoms. The van der Waals surface area contributed by atoms with Crippen molar-refractivity contribution in [1.29, 1.82) is 0 Å². The standard InChI is InChI=1S/C21H23F3N6O2/c1-11(2)18(20(32)28-10-21(22,23)24)30-14-4-13(6-25-7-14)17-9-27-19-16(17)5-15(8-26-19)29-12(3)31/h4-9,11,18,30H,10H2,1-3H3,(H,26,27)(H,28,32)(H,29,31)/t18-/m0/s1. The van der Waals surface area contributed by atoms with Crippen molar-refractivity contribution < 1.29 is 22.8 Å². The fourth-order valence-corrected chi connectivity index (χ4v) is 3.19. The SMILES string of the molecule is CC(=O)Nc1cnc2[nH]cc(-c3cncc(N[C@H](C(=O)NCC(F)(F)F)C(C)C)c3)c2c1. The number of nitrogens with zero attached hydrogens (tertiary/aromatic N) is 2. The molecule has 0 aromatic carbocycles. The van der Waals surface area contributed by atoms with Crippen molar-refractivity contribution in [2.45, 2.75) is 33.0 Å². The zero-order chi connectivity index (χ0) is 23.5. The summed E-state index contributed by atoms with van der Waals surface area (Å²) in [5.74, 6) is -1.25. The smallest absolute Gasteiger partial charge is 0.372 e. The lowest BCUT2D eigenvalue weighted by atomic mass is 10.0. The molecule has 0 aliphatic carbocycles. The Balaban J connectivity index is 1.86. The van der Waals surface area contributed by atoms with Crippen LogP contribution in [0.2, 0.25) is 0 Å². The Morgan fingerprint density at radius 1 is 1.12 bits per heavy atom. The second-order valence-electron chi connectivity index (χ2n) is 7.66. The van der Waals surface area contributed by atoms with Crippen LogP contribution in [0.1, 0.15) is 20.8 Å². The molecule has 3 heterocycles. The first-order valence-electron chi connectivity index (χ1n) is 9.84. The second kappa shape index (κ2) is 9.25. The fourth-order valence-electron chi connectivity index (χ4n) is 3.19. The summed E-state index contributed by atoms with van der Waals surface area (Å²) >= 11 is 0. The van der Waals surface area contributed by atoms with Crippen LogP contribution in [-0.2, 0) is 9.59 Å². The Bertz CT molecular complexity index is 1130. The van der Waals surface area contributed by atoms with Gasteiger partial charge in [0.15, 0.2) is 0 Å². The monoisotopic (exact) mass is 448 g/mol. The molecular formula is C21H23F3N6O2. The lowest BCUT2D eigenvalue weighted by molar-refractivity contribution is -0.139. The van der Waals surface area contributed by atoms with E-state index < -0.39 is 24.7 Å². The fraction of sp³-hybridized carbons (Fsp3) is 0.333. The second-order valence-corrected chi connectivity index (χ2v) is 7.66. The van der Waals surface area contributed by atoms with E-state index >= 15 is 0 Å². The molecule has 2 amide bonds. The van der Waals surface area contributed by atoms with Crippen LogP contribution in [0, 0.1) is 5.92 Å². The Morgan fingerprint density at radius 3 is 2.53 bits per heavy atom. The maximum Gasteiger partial charge on any atom is 0.405 e. The van der Waals surface area contributed by atoms with Crippen LogP contribution < -0.4 is 16.0 Å². The molecule has 0 aliphatic heterocycles. The summed E-state index contributed by atoms with van der Waals surface area (Å²) in [6.07, 6.45) is 1.90. The number of aromatic amines is 1. The highest BCUT2D eigenvalue weighted by molar-refractivity contribution is 5.98. The number of carbonyl (C=O) groups excluding carboxylic acids is 2. The number of amides is 2. The van der Waals surface area contributed by atoms with Crippen molar-refractivity contribution in [3.63, 3.8) is 0 Å². The van der Waals surface area contributed by atoms with Crippen LogP contribution in [0.4, 0.5) is 24.5 Å². The van der Waals surface area contributed by atoms with E-state index in [1.807, 2.05) is 5.32 Å². The van der Waals surface area contributed by atoms with Crippen molar-refractivity contribution in [2.24, 2.45) is 5.92 Å². The van der Waals surface area contributed by atoms with E-state index in [9.17, 15) is 22.8 Å². The van der Waals surface area contributed by atoms with E-state index in [2.05, 4.69) is 25.6 Å². The highest BCUT2D eigenvalue weighted by Gasteiger charge is 2.30. The molecule has 11 heteroatoms. The molecular weight excluding hydrogens is 425 g/mol. The molecule has 1 atom stereocenters. The number of halogens is 3. The first-order chi connectivity index (χ1) is 15.0. The summed E-state index contributed by atoms with van der Waals surface area (Å²) in [5, 5.41) is 8.33. The molecule has 3 aromatic heterocycles. The van der Waals surface area contributed by atoms with Crippen LogP contribution in [0.5, 0.6) is 0 Å². The third-order valence-corrected chi connectivity index (χ3v) is 4.64. The van der Waals surface area contributed by atoms with Crippen LogP contribution in [0.15, 0.2) is 36.9 Å². The summed E-state index contributed by atoms with van der Waals surface area (Å²) in [7, 11) is 0. The van der Waals surface area contributed by atoms with Gasteiger partial charge in [0.2, 0.25) is 11.8 Å².